The molecule has 0 radical (unpaired) electrons. The summed E-state index contributed by atoms with van der Waals surface area (Å²) in [5.41, 5.74) is 0. The molecule has 0 aromatic heterocycles. The summed E-state index contributed by atoms with van der Waals surface area (Å²) in [6.07, 6.45) is 1.13. The Morgan fingerprint density at radius 3 is 1.79 bits per heavy atom. The van der Waals surface area contributed by atoms with Crippen LogP contribution in [0.2, 0.25) is 0 Å². The first-order valence-corrected chi connectivity index (χ1v) is 9.63. The predicted octanol–water partition coefficient (Wildman–Crippen LogP) is 2.60. The van der Waals surface area contributed by atoms with Crippen molar-refractivity contribution >= 4 is 11.8 Å². The van der Waals surface area contributed by atoms with E-state index in [4.69, 9.17) is 9.47 Å². The molecular weight excluding hydrogens is 356 g/mol. The number of para-hydroxylation sites is 2. The highest BCUT2D eigenvalue weighted by Gasteiger charge is 2.24. The van der Waals surface area contributed by atoms with Gasteiger partial charge in [0.25, 0.3) is 5.91 Å². The van der Waals surface area contributed by atoms with Crippen molar-refractivity contribution in [1.29, 1.82) is 0 Å². The first-order chi connectivity index (χ1) is 13.7. The van der Waals surface area contributed by atoms with Gasteiger partial charge < -0.3 is 19.3 Å². The molecule has 1 heterocycles. The maximum absolute atomic E-state index is 12.3. The Hall–Kier alpha value is -3.02. The lowest BCUT2D eigenvalue weighted by Gasteiger charge is -2.34. The zero-order valence-corrected chi connectivity index (χ0v) is 16.0. The Morgan fingerprint density at radius 2 is 1.21 bits per heavy atom. The number of amides is 2. The minimum atomic E-state index is -0.0489. The summed E-state index contributed by atoms with van der Waals surface area (Å²) in [5.74, 6) is 1.57. The van der Waals surface area contributed by atoms with Crippen molar-refractivity contribution in [3.63, 3.8) is 0 Å². The molecule has 0 saturated carbocycles. The highest BCUT2D eigenvalue weighted by molar-refractivity contribution is 5.79. The third-order valence-corrected chi connectivity index (χ3v) is 4.64. The molecule has 1 aliphatic heterocycles. The summed E-state index contributed by atoms with van der Waals surface area (Å²) in [6, 6.07) is 18.9. The van der Waals surface area contributed by atoms with E-state index in [9.17, 15) is 9.59 Å². The first-order valence-electron chi connectivity index (χ1n) is 9.63. The summed E-state index contributed by atoms with van der Waals surface area (Å²) in [4.78, 5) is 28.2. The lowest BCUT2D eigenvalue weighted by molar-refractivity contribution is -0.140. The number of piperazine rings is 1. The molecule has 0 N–H and O–H groups in total. The number of carbonyl (C=O) groups is 2. The van der Waals surface area contributed by atoms with Gasteiger partial charge in [0.15, 0.2) is 6.61 Å². The van der Waals surface area contributed by atoms with Crippen LogP contribution in [0.15, 0.2) is 60.7 Å². The quantitative estimate of drug-likeness (QED) is 0.659. The predicted molar refractivity (Wildman–Crippen MR) is 106 cm³/mol. The number of ether oxygens (including phenoxy) is 2. The molecule has 0 bridgehead atoms. The van der Waals surface area contributed by atoms with Crippen LogP contribution in [0.4, 0.5) is 0 Å². The molecule has 1 fully saturated rings. The van der Waals surface area contributed by atoms with Crippen LogP contribution in [-0.2, 0) is 9.59 Å². The van der Waals surface area contributed by atoms with E-state index in [1.54, 1.807) is 4.90 Å². The fourth-order valence-corrected chi connectivity index (χ4v) is 3.05. The van der Waals surface area contributed by atoms with Crippen molar-refractivity contribution in [3.05, 3.63) is 60.7 Å². The van der Waals surface area contributed by atoms with E-state index >= 15 is 0 Å². The topological polar surface area (TPSA) is 59.1 Å². The summed E-state index contributed by atoms with van der Waals surface area (Å²) >= 11 is 0. The average Bonchev–Trinajstić information content (AvgIpc) is 2.76. The van der Waals surface area contributed by atoms with E-state index in [1.807, 2.05) is 65.6 Å². The minimum absolute atomic E-state index is 0.0226. The van der Waals surface area contributed by atoms with Gasteiger partial charge in [0.2, 0.25) is 5.91 Å². The maximum Gasteiger partial charge on any atom is 0.260 e. The zero-order chi connectivity index (χ0) is 19.6. The van der Waals surface area contributed by atoms with E-state index in [-0.39, 0.29) is 18.4 Å². The van der Waals surface area contributed by atoms with Gasteiger partial charge in [-0.25, -0.2) is 0 Å². The summed E-state index contributed by atoms with van der Waals surface area (Å²) in [6.45, 7) is 2.76. The normalized spacial score (nSPS) is 13.9. The average molecular weight is 382 g/mol. The van der Waals surface area contributed by atoms with E-state index in [0.717, 1.165) is 5.75 Å². The van der Waals surface area contributed by atoms with Gasteiger partial charge in [0.05, 0.1) is 6.61 Å². The van der Waals surface area contributed by atoms with E-state index in [0.29, 0.717) is 51.4 Å². The van der Waals surface area contributed by atoms with Gasteiger partial charge in [-0.05, 0) is 30.7 Å². The van der Waals surface area contributed by atoms with Crippen LogP contribution >= 0.6 is 0 Å². The summed E-state index contributed by atoms with van der Waals surface area (Å²) in [7, 11) is 0. The molecule has 2 aromatic carbocycles. The number of rotatable bonds is 8. The SMILES string of the molecule is O=C(CCCOc1ccccc1)N1CCN(C(=O)COc2ccccc2)CC1. The number of hydrogen-bond donors (Lipinski definition) is 0. The molecule has 0 atom stereocenters. The van der Waals surface area contributed by atoms with Crippen molar-refractivity contribution in [2.75, 3.05) is 39.4 Å². The van der Waals surface area contributed by atoms with Crippen molar-refractivity contribution in [1.82, 2.24) is 9.80 Å². The number of carbonyl (C=O) groups excluding carboxylic acids is 2. The molecule has 2 amide bonds. The molecule has 1 saturated heterocycles. The fourth-order valence-electron chi connectivity index (χ4n) is 3.05. The molecule has 0 aliphatic carbocycles. The molecule has 6 heteroatoms. The van der Waals surface area contributed by atoms with Crippen molar-refractivity contribution in [3.8, 4) is 11.5 Å². The van der Waals surface area contributed by atoms with Gasteiger partial charge >= 0.3 is 0 Å². The molecule has 2 aromatic rings. The summed E-state index contributed by atoms with van der Waals surface area (Å²) in [5, 5.41) is 0. The smallest absolute Gasteiger partial charge is 0.260 e. The Balaban J connectivity index is 1.31. The largest absolute Gasteiger partial charge is 0.494 e. The summed E-state index contributed by atoms with van der Waals surface area (Å²) < 4.78 is 11.1. The third kappa shape index (κ3) is 6.01. The lowest BCUT2D eigenvalue weighted by Crippen LogP contribution is -2.51. The lowest BCUT2D eigenvalue weighted by atomic mass is 10.2. The van der Waals surface area contributed by atoms with Crippen molar-refractivity contribution in [2.24, 2.45) is 0 Å². The van der Waals surface area contributed by atoms with E-state index in [2.05, 4.69) is 0 Å². The molecule has 148 valence electrons. The molecule has 0 unspecified atom stereocenters. The number of benzene rings is 2. The van der Waals surface area contributed by atoms with Crippen LogP contribution in [-0.4, -0.2) is 61.0 Å². The standard InChI is InChI=1S/C22H26N2O4/c25-21(12-7-17-27-19-8-3-1-4-9-19)23-13-15-24(16-14-23)22(26)18-28-20-10-5-2-6-11-20/h1-6,8-11H,7,12-18H2. The monoisotopic (exact) mass is 382 g/mol. The van der Waals surface area contributed by atoms with Crippen LogP contribution in [0.25, 0.3) is 0 Å². The molecule has 6 nitrogen and oxygen atoms in total. The van der Waals surface area contributed by atoms with Crippen LogP contribution in [0, 0.1) is 0 Å². The van der Waals surface area contributed by atoms with Gasteiger partial charge in [-0.2, -0.15) is 0 Å². The minimum Gasteiger partial charge on any atom is -0.494 e. The zero-order valence-electron chi connectivity index (χ0n) is 16.0. The van der Waals surface area contributed by atoms with Gasteiger partial charge in [0, 0.05) is 32.6 Å². The van der Waals surface area contributed by atoms with Crippen LogP contribution in [0.3, 0.4) is 0 Å². The van der Waals surface area contributed by atoms with Gasteiger partial charge in [-0.15, -0.1) is 0 Å². The van der Waals surface area contributed by atoms with Gasteiger partial charge in [-0.1, -0.05) is 36.4 Å². The fraction of sp³-hybridized carbons (Fsp3) is 0.364. The van der Waals surface area contributed by atoms with Gasteiger partial charge in [-0.3, -0.25) is 9.59 Å². The van der Waals surface area contributed by atoms with Gasteiger partial charge in [0.1, 0.15) is 11.5 Å². The highest BCUT2D eigenvalue weighted by Crippen LogP contribution is 2.11. The molecule has 1 aliphatic rings. The maximum atomic E-state index is 12.3. The van der Waals surface area contributed by atoms with E-state index in [1.165, 1.54) is 0 Å². The molecule has 3 rings (SSSR count). The second kappa shape index (κ2) is 10.3. The molecule has 28 heavy (non-hydrogen) atoms. The van der Waals surface area contributed by atoms with Crippen LogP contribution < -0.4 is 9.47 Å². The van der Waals surface area contributed by atoms with E-state index < -0.39 is 0 Å². The second-order valence-electron chi connectivity index (χ2n) is 6.63. The Morgan fingerprint density at radius 1 is 0.714 bits per heavy atom. The Labute approximate surface area is 165 Å². The number of hydrogen-bond acceptors (Lipinski definition) is 4. The van der Waals surface area contributed by atoms with Crippen LogP contribution in [0.5, 0.6) is 11.5 Å². The Bertz CT molecular complexity index is 744. The number of nitrogens with zero attached hydrogens (tertiary/aromatic N) is 2. The van der Waals surface area contributed by atoms with Crippen molar-refractivity contribution in [2.45, 2.75) is 12.8 Å². The highest BCUT2D eigenvalue weighted by atomic mass is 16.5. The van der Waals surface area contributed by atoms with Crippen LogP contribution in [0.1, 0.15) is 12.8 Å². The Kier molecular flexibility index (Phi) is 7.29. The van der Waals surface area contributed by atoms with Crippen molar-refractivity contribution < 1.29 is 19.1 Å². The third-order valence-electron chi connectivity index (χ3n) is 4.64. The first kappa shape index (κ1) is 19.7. The second-order valence-corrected chi connectivity index (χ2v) is 6.63. The molecule has 0 spiro atoms. The molecular formula is C22H26N2O4.